The van der Waals surface area contributed by atoms with Crippen LogP contribution in [-0.2, 0) is 0 Å². The second-order valence-corrected chi connectivity index (χ2v) is 5.60. The van der Waals surface area contributed by atoms with Gasteiger partial charge in [0.2, 0.25) is 11.9 Å². The van der Waals surface area contributed by atoms with Crippen molar-refractivity contribution in [2.24, 2.45) is 5.92 Å². The maximum Gasteiger partial charge on any atom is 0.323 e. The van der Waals surface area contributed by atoms with Crippen molar-refractivity contribution >= 4 is 11.9 Å². The Morgan fingerprint density at radius 1 is 1.14 bits per heavy atom. The van der Waals surface area contributed by atoms with E-state index in [2.05, 4.69) is 39.4 Å². The molecule has 0 saturated heterocycles. The molecule has 1 aromatic rings. The van der Waals surface area contributed by atoms with E-state index in [0.29, 0.717) is 36.5 Å². The number of nitrogens with zero attached hydrogens (tertiary/aromatic N) is 3. The first-order valence-corrected chi connectivity index (χ1v) is 8.12. The molecule has 1 aromatic heterocycles. The summed E-state index contributed by atoms with van der Waals surface area (Å²) in [7, 11) is 0. The molecule has 1 fully saturated rings. The van der Waals surface area contributed by atoms with Crippen LogP contribution in [0.5, 0.6) is 6.01 Å². The van der Waals surface area contributed by atoms with Gasteiger partial charge in [-0.1, -0.05) is 19.8 Å². The van der Waals surface area contributed by atoms with Gasteiger partial charge in [0.1, 0.15) is 0 Å². The molecule has 1 unspecified atom stereocenters. The lowest BCUT2D eigenvalue weighted by Crippen LogP contribution is -2.25. The number of rotatable bonds is 8. The van der Waals surface area contributed by atoms with Crippen LogP contribution in [0.1, 0.15) is 52.9 Å². The molecule has 1 aliphatic rings. The topological polar surface area (TPSA) is 72.0 Å². The Kier molecular flexibility index (Phi) is 6.02. The minimum Gasteiger partial charge on any atom is -0.464 e. The Labute approximate surface area is 127 Å². The highest BCUT2D eigenvalue weighted by atomic mass is 16.5. The van der Waals surface area contributed by atoms with Crippen LogP contribution in [0.15, 0.2) is 0 Å². The summed E-state index contributed by atoms with van der Waals surface area (Å²) in [5.74, 6) is 1.90. The zero-order chi connectivity index (χ0) is 15.1. The van der Waals surface area contributed by atoms with Gasteiger partial charge >= 0.3 is 6.01 Å². The standard InChI is InChI=1S/C15H27N5O/c1-4-10-16-13-18-14(20-15(19-13)21-5-2)17-11(3)12-8-6-7-9-12/h11-12H,4-10H2,1-3H3,(H2,16,17,18,19,20). The van der Waals surface area contributed by atoms with E-state index in [1.54, 1.807) is 0 Å². The van der Waals surface area contributed by atoms with Gasteiger partial charge in [0, 0.05) is 12.6 Å². The van der Waals surface area contributed by atoms with Gasteiger partial charge in [-0.3, -0.25) is 0 Å². The van der Waals surface area contributed by atoms with E-state index in [-0.39, 0.29) is 0 Å². The van der Waals surface area contributed by atoms with E-state index in [9.17, 15) is 0 Å². The first kappa shape index (κ1) is 15.8. The van der Waals surface area contributed by atoms with Gasteiger partial charge < -0.3 is 15.4 Å². The molecule has 0 radical (unpaired) electrons. The maximum atomic E-state index is 5.43. The van der Waals surface area contributed by atoms with Gasteiger partial charge in [0.05, 0.1) is 6.61 Å². The number of aromatic nitrogens is 3. The fourth-order valence-electron chi connectivity index (χ4n) is 2.71. The Bertz CT molecular complexity index is 434. The van der Waals surface area contributed by atoms with Crippen LogP contribution in [0.3, 0.4) is 0 Å². The minimum absolute atomic E-state index is 0.378. The SMILES string of the molecule is CCCNc1nc(NC(C)C2CCCC2)nc(OCC)n1. The molecule has 1 heterocycles. The molecule has 6 nitrogen and oxygen atoms in total. The van der Waals surface area contributed by atoms with Gasteiger partial charge in [-0.2, -0.15) is 15.0 Å². The first-order valence-electron chi connectivity index (χ1n) is 8.12. The summed E-state index contributed by atoms with van der Waals surface area (Å²) in [4.78, 5) is 13.1. The third kappa shape index (κ3) is 4.72. The van der Waals surface area contributed by atoms with E-state index >= 15 is 0 Å². The molecule has 0 amide bonds. The van der Waals surface area contributed by atoms with Gasteiger partial charge in [-0.15, -0.1) is 0 Å². The lowest BCUT2D eigenvalue weighted by atomic mass is 10.0. The molecule has 1 saturated carbocycles. The van der Waals surface area contributed by atoms with Crippen molar-refractivity contribution in [2.75, 3.05) is 23.8 Å². The fourth-order valence-corrected chi connectivity index (χ4v) is 2.71. The van der Waals surface area contributed by atoms with Crippen molar-refractivity contribution in [3.05, 3.63) is 0 Å². The van der Waals surface area contributed by atoms with E-state index in [1.807, 2.05) is 6.92 Å². The molecule has 0 aromatic carbocycles. The van der Waals surface area contributed by atoms with E-state index in [1.165, 1.54) is 25.7 Å². The number of ether oxygens (including phenoxy) is 1. The van der Waals surface area contributed by atoms with Crippen LogP contribution in [0.2, 0.25) is 0 Å². The first-order chi connectivity index (χ1) is 10.2. The van der Waals surface area contributed by atoms with Gasteiger partial charge in [0.25, 0.3) is 0 Å². The lowest BCUT2D eigenvalue weighted by Gasteiger charge is -2.20. The van der Waals surface area contributed by atoms with E-state index in [4.69, 9.17) is 4.74 Å². The summed E-state index contributed by atoms with van der Waals surface area (Å²) in [5.41, 5.74) is 0. The molecule has 118 valence electrons. The molecule has 0 aliphatic heterocycles. The Hall–Kier alpha value is -1.59. The normalized spacial score (nSPS) is 16.7. The zero-order valence-electron chi connectivity index (χ0n) is 13.4. The summed E-state index contributed by atoms with van der Waals surface area (Å²) in [6, 6.07) is 0.760. The molecular weight excluding hydrogens is 266 g/mol. The number of hydrogen-bond acceptors (Lipinski definition) is 6. The smallest absolute Gasteiger partial charge is 0.323 e. The largest absolute Gasteiger partial charge is 0.464 e. The summed E-state index contributed by atoms with van der Waals surface area (Å²) >= 11 is 0. The van der Waals surface area contributed by atoms with Crippen molar-refractivity contribution in [1.82, 2.24) is 15.0 Å². The monoisotopic (exact) mass is 293 g/mol. The molecule has 6 heteroatoms. The maximum absolute atomic E-state index is 5.43. The van der Waals surface area contributed by atoms with Gasteiger partial charge in [-0.05, 0) is 39.0 Å². The highest BCUT2D eigenvalue weighted by Gasteiger charge is 2.22. The third-order valence-electron chi connectivity index (χ3n) is 3.89. The molecule has 0 bridgehead atoms. The third-order valence-corrected chi connectivity index (χ3v) is 3.89. The molecule has 2 rings (SSSR count). The minimum atomic E-state index is 0.378. The van der Waals surface area contributed by atoms with Crippen LogP contribution in [0.25, 0.3) is 0 Å². The van der Waals surface area contributed by atoms with Gasteiger partial charge in [-0.25, -0.2) is 0 Å². The van der Waals surface area contributed by atoms with E-state index < -0.39 is 0 Å². The molecule has 1 atom stereocenters. The van der Waals surface area contributed by atoms with Crippen molar-refractivity contribution in [1.29, 1.82) is 0 Å². The van der Waals surface area contributed by atoms with Gasteiger partial charge in [0.15, 0.2) is 0 Å². The van der Waals surface area contributed by atoms with Crippen LogP contribution < -0.4 is 15.4 Å². The molecule has 21 heavy (non-hydrogen) atoms. The molecule has 0 spiro atoms. The predicted octanol–water partition coefficient (Wildman–Crippen LogP) is 3.08. The second kappa shape index (κ2) is 8.00. The van der Waals surface area contributed by atoms with Crippen molar-refractivity contribution in [2.45, 2.75) is 58.9 Å². The summed E-state index contributed by atoms with van der Waals surface area (Å²) in [6.07, 6.45) is 6.27. The summed E-state index contributed by atoms with van der Waals surface area (Å²) in [6.45, 7) is 7.64. The summed E-state index contributed by atoms with van der Waals surface area (Å²) in [5, 5.41) is 6.61. The average molecular weight is 293 g/mol. The fraction of sp³-hybridized carbons (Fsp3) is 0.800. The van der Waals surface area contributed by atoms with Crippen LogP contribution in [0.4, 0.5) is 11.9 Å². The van der Waals surface area contributed by atoms with Crippen molar-refractivity contribution in [3.63, 3.8) is 0 Å². The summed E-state index contributed by atoms with van der Waals surface area (Å²) < 4.78 is 5.43. The second-order valence-electron chi connectivity index (χ2n) is 5.60. The molecular formula is C15H27N5O. The van der Waals surface area contributed by atoms with Crippen LogP contribution in [-0.4, -0.2) is 34.1 Å². The quantitative estimate of drug-likeness (QED) is 0.767. The molecule has 2 N–H and O–H groups in total. The van der Waals surface area contributed by atoms with Crippen molar-refractivity contribution < 1.29 is 4.74 Å². The highest BCUT2D eigenvalue weighted by Crippen LogP contribution is 2.29. The highest BCUT2D eigenvalue weighted by molar-refractivity contribution is 5.36. The van der Waals surface area contributed by atoms with Crippen LogP contribution >= 0.6 is 0 Å². The average Bonchev–Trinajstić information content (AvgIpc) is 2.99. The molecule has 1 aliphatic carbocycles. The Morgan fingerprint density at radius 2 is 1.86 bits per heavy atom. The lowest BCUT2D eigenvalue weighted by molar-refractivity contribution is 0.312. The number of nitrogens with one attached hydrogen (secondary N) is 2. The van der Waals surface area contributed by atoms with E-state index in [0.717, 1.165) is 13.0 Å². The van der Waals surface area contributed by atoms with Crippen LogP contribution in [0, 0.1) is 5.92 Å². The Morgan fingerprint density at radius 3 is 2.52 bits per heavy atom. The van der Waals surface area contributed by atoms with Crippen molar-refractivity contribution in [3.8, 4) is 6.01 Å². The Balaban J connectivity index is 2.06. The number of anilines is 2. The zero-order valence-corrected chi connectivity index (χ0v) is 13.4. The predicted molar refractivity (Wildman–Crippen MR) is 84.8 cm³/mol. The number of hydrogen-bond donors (Lipinski definition) is 2.